The molecule has 0 aliphatic heterocycles. The second-order valence-corrected chi connectivity index (χ2v) is 8.19. The summed E-state index contributed by atoms with van der Waals surface area (Å²) in [6.45, 7) is 5.88. The first-order chi connectivity index (χ1) is 13.4. The van der Waals surface area contributed by atoms with Crippen molar-refractivity contribution < 1.29 is 14.3 Å². The molecule has 5 nitrogen and oxygen atoms in total. The summed E-state index contributed by atoms with van der Waals surface area (Å²) in [7, 11) is 0. The van der Waals surface area contributed by atoms with Gasteiger partial charge in [0.05, 0.1) is 11.8 Å². The summed E-state index contributed by atoms with van der Waals surface area (Å²) in [6.07, 6.45) is 0.135. The maximum atomic E-state index is 12.1. The molecule has 0 saturated carbocycles. The SMILES string of the molecule is Cc1cc(OCC(=O)Nc2nc(-c3ccc(OC(C)C)cc3)cs2)ccc1Br. The van der Waals surface area contributed by atoms with Crippen molar-refractivity contribution in [2.75, 3.05) is 11.9 Å². The van der Waals surface area contributed by atoms with Crippen LogP contribution in [-0.2, 0) is 4.79 Å². The Kier molecular flexibility index (Phi) is 6.70. The third-order valence-electron chi connectivity index (χ3n) is 3.77. The monoisotopic (exact) mass is 460 g/mol. The Balaban J connectivity index is 1.56. The fourth-order valence-electron chi connectivity index (χ4n) is 2.45. The Labute approximate surface area is 176 Å². The van der Waals surface area contributed by atoms with E-state index in [1.807, 2.05) is 68.6 Å². The van der Waals surface area contributed by atoms with Gasteiger partial charge in [-0.3, -0.25) is 10.1 Å². The van der Waals surface area contributed by atoms with E-state index < -0.39 is 0 Å². The van der Waals surface area contributed by atoms with Crippen LogP contribution in [0.5, 0.6) is 11.5 Å². The molecule has 0 aliphatic carbocycles. The first kappa shape index (κ1) is 20.4. The van der Waals surface area contributed by atoms with Crippen LogP contribution in [0.4, 0.5) is 5.13 Å². The number of amides is 1. The molecule has 0 atom stereocenters. The van der Waals surface area contributed by atoms with Gasteiger partial charge in [-0.05, 0) is 68.8 Å². The summed E-state index contributed by atoms with van der Waals surface area (Å²) >= 11 is 4.82. The van der Waals surface area contributed by atoms with Gasteiger partial charge in [-0.25, -0.2) is 4.98 Å². The van der Waals surface area contributed by atoms with Crippen molar-refractivity contribution in [2.45, 2.75) is 26.9 Å². The van der Waals surface area contributed by atoms with Crippen LogP contribution in [0.3, 0.4) is 0 Å². The number of rotatable bonds is 7. The lowest BCUT2D eigenvalue weighted by atomic mass is 10.2. The van der Waals surface area contributed by atoms with E-state index in [9.17, 15) is 4.79 Å². The van der Waals surface area contributed by atoms with Gasteiger partial charge in [0.15, 0.2) is 11.7 Å². The Morgan fingerprint density at radius 2 is 1.89 bits per heavy atom. The van der Waals surface area contributed by atoms with E-state index in [0.717, 1.165) is 27.0 Å². The van der Waals surface area contributed by atoms with Crippen molar-refractivity contribution >= 4 is 38.3 Å². The van der Waals surface area contributed by atoms with Gasteiger partial charge in [-0.15, -0.1) is 11.3 Å². The minimum absolute atomic E-state index is 0.0722. The number of anilines is 1. The van der Waals surface area contributed by atoms with Crippen LogP contribution in [-0.4, -0.2) is 23.6 Å². The topological polar surface area (TPSA) is 60.5 Å². The van der Waals surface area contributed by atoms with Crippen LogP contribution in [0.1, 0.15) is 19.4 Å². The van der Waals surface area contributed by atoms with Crippen molar-refractivity contribution in [1.29, 1.82) is 0 Å². The summed E-state index contributed by atoms with van der Waals surface area (Å²) in [5.74, 6) is 1.23. The average Bonchev–Trinajstić information content (AvgIpc) is 3.11. The molecule has 28 heavy (non-hydrogen) atoms. The fourth-order valence-corrected chi connectivity index (χ4v) is 3.43. The van der Waals surface area contributed by atoms with E-state index in [-0.39, 0.29) is 18.6 Å². The van der Waals surface area contributed by atoms with Gasteiger partial charge in [0, 0.05) is 15.4 Å². The van der Waals surface area contributed by atoms with Crippen molar-refractivity contribution in [2.24, 2.45) is 0 Å². The highest BCUT2D eigenvalue weighted by atomic mass is 79.9. The normalized spacial score (nSPS) is 10.8. The Morgan fingerprint density at radius 1 is 1.18 bits per heavy atom. The number of aryl methyl sites for hydroxylation is 1. The second kappa shape index (κ2) is 9.21. The zero-order valence-electron chi connectivity index (χ0n) is 15.9. The molecule has 0 aliphatic rings. The highest BCUT2D eigenvalue weighted by Crippen LogP contribution is 2.27. The summed E-state index contributed by atoms with van der Waals surface area (Å²) < 4.78 is 12.2. The number of carbonyl (C=O) groups excluding carboxylic acids is 1. The predicted molar refractivity (Wildman–Crippen MR) is 116 cm³/mol. The van der Waals surface area contributed by atoms with Crippen LogP contribution < -0.4 is 14.8 Å². The van der Waals surface area contributed by atoms with Gasteiger partial charge in [0.25, 0.3) is 5.91 Å². The van der Waals surface area contributed by atoms with Crippen LogP contribution in [0, 0.1) is 6.92 Å². The van der Waals surface area contributed by atoms with Gasteiger partial charge >= 0.3 is 0 Å². The molecule has 0 unspecified atom stereocenters. The van der Waals surface area contributed by atoms with Gasteiger partial charge in [-0.1, -0.05) is 15.9 Å². The van der Waals surface area contributed by atoms with E-state index in [1.165, 1.54) is 11.3 Å². The van der Waals surface area contributed by atoms with E-state index in [4.69, 9.17) is 9.47 Å². The van der Waals surface area contributed by atoms with Crippen molar-refractivity contribution in [1.82, 2.24) is 4.98 Å². The summed E-state index contributed by atoms with van der Waals surface area (Å²) in [6, 6.07) is 13.3. The number of nitrogens with zero attached hydrogens (tertiary/aromatic N) is 1. The zero-order chi connectivity index (χ0) is 20.1. The van der Waals surface area contributed by atoms with E-state index >= 15 is 0 Å². The molecule has 3 rings (SSSR count). The van der Waals surface area contributed by atoms with E-state index in [2.05, 4.69) is 26.2 Å². The molecule has 1 heterocycles. The second-order valence-electron chi connectivity index (χ2n) is 6.48. The molecule has 1 amide bonds. The van der Waals surface area contributed by atoms with Crippen molar-refractivity contribution in [3.63, 3.8) is 0 Å². The van der Waals surface area contributed by atoms with Crippen LogP contribution >= 0.6 is 27.3 Å². The summed E-state index contributed by atoms with van der Waals surface area (Å²) in [5.41, 5.74) is 2.82. The van der Waals surface area contributed by atoms with Crippen LogP contribution in [0.2, 0.25) is 0 Å². The number of hydrogen-bond acceptors (Lipinski definition) is 5. The molecule has 3 aromatic rings. The third-order valence-corrected chi connectivity index (χ3v) is 5.42. The number of carbonyl (C=O) groups is 1. The van der Waals surface area contributed by atoms with Crippen LogP contribution in [0.15, 0.2) is 52.3 Å². The molecule has 0 saturated heterocycles. The average molecular weight is 461 g/mol. The lowest BCUT2D eigenvalue weighted by Gasteiger charge is -2.09. The number of halogens is 1. The number of ether oxygens (including phenoxy) is 2. The molecular weight excluding hydrogens is 440 g/mol. The zero-order valence-corrected chi connectivity index (χ0v) is 18.3. The molecule has 0 bridgehead atoms. The quantitative estimate of drug-likeness (QED) is 0.492. The molecule has 0 radical (unpaired) electrons. The summed E-state index contributed by atoms with van der Waals surface area (Å²) in [4.78, 5) is 16.6. The molecule has 0 fully saturated rings. The van der Waals surface area contributed by atoms with E-state index in [0.29, 0.717) is 10.9 Å². The molecule has 2 aromatic carbocycles. The highest BCUT2D eigenvalue weighted by Gasteiger charge is 2.10. The third kappa shape index (κ3) is 5.56. The van der Waals surface area contributed by atoms with Gasteiger partial charge in [-0.2, -0.15) is 0 Å². The minimum atomic E-state index is -0.248. The van der Waals surface area contributed by atoms with Gasteiger partial charge < -0.3 is 9.47 Å². The van der Waals surface area contributed by atoms with E-state index in [1.54, 1.807) is 0 Å². The highest BCUT2D eigenvalue weighted by molar-refractivity contribution is 9.10. The van der Waals surface area contributed by atoms with Gasteiger partial charge in [0.2, 0.25) is 0 Å². The molecule has 1 N–H and O–H groups in total. The molecule has 146 valence electrons. The molecule has 1 aromatic heterocycles. The van der Waals surface area contributed by atoms with Crippen molar-refractivity contribution in [3.05, 3.63) is 57.9 Å². The molecular formula is C21H21BrN2O3S. The standard InChI is InChI=1S/C21H21BrN2O3S/c1-13(2)27-16-6-4-15(5-7-16)19-12-28-21(23-19)24-20(25)11-26-17-8-9-18(22)14(3)10-17/h4-10,12-13H,11H2,1-3H3,(H,23,24,25). The van der Waals surface area contributed by atoms with Crippen LogP contribution in [0.25, 0.3) is 11.3 Å². The fraction of sp³-hybridized carbons (Fsp3) is 0.238. The summed E-state index contributed by atoms with van der Waals surface area (Å²) in [5, 5.41) is 5.22. The smallest absolute Gasteiger partial charge is 0.264 e. The van der Waals surface area contributed by atoms with Crippen molar-refractivity contribution in [3.8, 4) is 22.8 Å². The minimum Gasteiger partial charge on any atom is -0.491 e. The number of aromatic nitrogens is 1. The first-order valence-corrected chi connectivity index (χ1v) is 10.5. The Morgan fingerprint density at radius 3 is 2.57 bits per heavy atom. The maximum Gasteiger partial charge on any atom is 0.264 e. The Bertz CT molecular complexity index is 955. The number of nitrogens with one attached hydrogen (secondary N) is 1. The first-order valence-electron chi connectivity index (χ1n) is 8.82. The van der Waals surface area contributed by atoms with Gasteiger partial charge in [0.1, 0.15) is 11.5 Å². The number of benzene rings is 2. The maximum absolute atomic E-state index is 12.1. The number of hydrogen-bond donors (Lipinski definition) is 1. The predicted octanol–water partition coefficient (Wildman–Crippen LogP) is 5.69. The lowest BCUT2D eigenvalue weighted by molar-refractivity contribution is -0.118. The Hall–Kier alpha value is -2.38. The molecule has 0 spiro atoms. The lowest BCUT2D eigenvalue weighted by Crippen LogP contribution is -2.20. The molecule has 7 heteroatoms. The largest absolute Gasteiger partial charge is 0.491 e. The number of thiazole rings is 1.